The van der Waals surface area contributed by atoms with E-state index in [2.05, 4.69) is 15.2 Å². The summed E-state index contributed by atoms with van der Waals surface area (Å²) < 4.78 is 15.0. The molecule has 13 heavy (non-hydrogen) atoms. The molecule has 0 bridgehead atoms. The van der Waals surface area contributed by atoms with Gasteiger partial charge in [0.2, 0.25) is 11.7 Å². The number of ether oxygens (including phenoxy) is 1. The molecule has 0 unspecified atom stereocenters. The molecular weight excluding hydrogens is 174 g/mol. The molecule has 2 aromatic heterocycles. The van der Waals surface area contributed by atoms with Crippen molar-refractivity contribution >= 4 is 0 Å². The molecular formula is C7H7N3O3. The molecule has 68 valence electrons. The van der Waals surface area contributed by atoms with Gasteiger partial charge in [-0.1, -0.05) is 0 Å². The number of methoxy groups -OCH3 is 1. The van der Waals surface area contributed by atoms with Crippen molar-refractivity contribution in [1.82, 2.24) is 15.2 Å². The van der Waals surface area contributed by atoms with Crippen LogP contribution in [0.25, 0.3) is 11.7 Å². The van der Waals surface area contributed by atoms with E-state index in [1.54, 1.807) is 6.92 Å². The number of aryl methyl sites for hydroxylation is 1. The number of oxazole rings is 1. The van der Waals surface area contributed by atoms with Gasteiger partial charge in [-0.3, -0.25) is 0 Å². The average molecular weight is 181 g/mol. The van der Waals surface area contributed by atoms with E-state index in [9.17, 15) is 0 Å². The van der Waals surface area contributed by atoms with Crippen LogP contribution in [0, 0.1) is 6.92 Å². The van der Waals surface area contributed by atoms with Gasteiger partial charge in [-0.05, 0) is 0 Å². The van der Waals surface area contributed by atoms with Crippen molar-refractivity contribution in [2.24, 2.45) is 0 Å². The Morgan fingerprint density at radius 3 is 2.69 bits per heavy atom. The number of nitrogens with zero attached hydrogens (tertiary/aromatic N) is 3. The molecule has 0 saturated carbocycles. The quantitative estimate of drug-likeness (QED) is 0.689. The monoisotopic (exact) mass is 181 g/mol. The molecule has 6 heteroatoms. The maximum Gasteiger partial charge on any atom is 0.393 e. The average Bonchev–Trinajstić information content (AvgIpc) is 2.71. The molecule has 2 aromatic rings. The lowest BCUT2D eigenvalue weighted by Gasteiger charge is -1.87. The molecule has 6 nitrogen and oxygen atoms in total. The number of rotatable bonds is 2. The molecule has 0 N–H and O–H groups in total. The molecule has 0 spiro atoms. The van der Waals surface area contributed by atoms with Gasteiger partial charge >= 0.3 is 6.08 Å². The van der Waals surface area contributed by atoms with Crippen molar-refractivity contribution in [2.45, 2.75) is 6.92 Å². The van der Waals surface area contributed by atoms with Crippen LogP contribution in [-0.2, 0) is 0 Å². The topological polar surface area (TPSA) is 74.2 Å². The van der Waals surface area contributed by atoms with Crippen molar-refractivity contribution in [3.05, 3.63) is 12.1 Å². The van der Waals surface area contributed by atoms with Gasteiger partial charge in [0, 0.05) is 6.92 Å². The van der Waals surface area contributed by atoms with E-state index in [-0.39, 0.29) is 6.08 Å². The van der Waals surface area contributed by atoms with Gasteiger partial charge in [0.1, 0.15) is 0 Å². The van der Waals surface area contributed by atoms with Gasteiger partial charge in [0.15, 0.2) is 0 Å². The highest BCUT2D eigenvalue weighted by atomic mass is 16.6. The summed E-state index contributed by atoms with van der Waals surface area (Å²) in [7, 11) is 1.47. The first kappa shape index (κ1) is 7.78. The summed E-state index contributed by atoms with van der Waals surface area (Å²) in [6, 6.07) is 0. The summed E-state index contributed by atoms with van der Waals surface area (Å²) in [6.07, 6.45) is 1.64. The zero-order valence-corrected chi connectivity index (χ0v) is 7.14. The van der Waals surface area contributed by atoms with Crippen molar-refractivity contribution < 1.29 is 13.6 Å². The Kier molecular flexibility index (Phi) is 1.73. The molecule has 0 aliphatic heterocycles. The summed E-state index contributed by atoms with van der Waals surface area (Å²) >= 11 is 0. The zero-order chi connectivity index (χ0) is 9.26. The van der Waals surface area contributed by atoms with Crippen LogP contribution in [-0.4, -0.2) is 22.3 Å². The molecule has 0 aliphatic rings. The van der Waals surface area contributed by atoms with Crippen molar-refractivity contribution in [3.8, 4) is 17.7 Å². The smallest absolute Gasteiger partial charge is 0.393 e. The Morgan fingerprint density at radius 1 is 1.31 bits per heavy atom. The molecule has 0 amide bonds. The third-order valence-corrected chi connectivity index (χ3v) is 1.40. The second-order valence-corrected chi connectivity index (χ2v) is 2.32. The fourth-order valence-corrected chi connectivity index (χ4v) is 0.847. The molecule has 0 aliphatic carbocycles. The Balaban J connectivity index is 2.35. The van der Waals surface area contributed by atoms with Crippen LogP contribution in [0.5, 0.6) is 6.08 Å². The second-order valence-electron chi connectivity index (χ2n) is 2.32. The largest absolute Gasteiger partial charge is 0.454 e. The van der Waals surface area contributed by atoms with E-state index in [1.807, 2.05) is 0 Å². The van der Waals surface area contributed by atoms with E-state index in [1.165, 1.54) is 13.3 Å². The standard InChI is InChI=1S/C7H7N3O3/c1-4-9-10-6(12-4)5-3-8-7(11-2)13-5/h3H,1-2H3. The number of aromatic nitrogens is 3. The highest BCUT2D eigenvalue weighted by Crippen LogP contribution is 2.21. The maximum atomic E-state index is 5.12. The van der Waals surface area contributed by atoms with Gasteiger partial charge < -0.3 is 13.6 Å². The Labute approximate surface area is 73.5 Å². The van der Waals surface area contributed by atoms with Crippen LogP contribution >= 0.6 is 0 Å². The lowest BCUT2D eigenvalue weighted by atomic mass is 10.5. The van der Waals surface area contributed by atoms with Crippen LogP contribution in [0.2, 0.25) is 0 Å². The second kappa shape index (κ2) is 2.89. The summed E-state index contributed by atoms with van der Waals surface area (Å²) in [6.45, 7) is 1.70. The molecule has 0 atom stereocenters. The summed E-state index contributed by atoms with van der Waals surface area (Å²) in [5.74, 6) is 1.18. The van der Waals surface area contributed by atoms with E-state index >= 15 is 0 Å². The Hall–Kier alpha value is -1.85. The van der Waals surface area contributed by atoms with Crippen molar-refractivity contribution in [3.63, 3.8) is 0 Å². The maximum absolute atomic E-state index is 5.12. The first-order chi connectivity index (χ1) is 6.29. The van der Waals surface area contributed by atoms with E-state index < -0.39 is 0 Å². The van der Waals surface area contributed by atoms with Crippen LogP contribution in [0.1, 0.15) is 5.89 Å². The zero-order valence-electron chi connectivity index (χ0n) is 7.14. The minimum atomic E-state index is 0.172. The highest BCUT2D eigenvalue weighted by Gasteiger charge is 2.11. The number of hydrogen-bond donors (Lipinski definition) is 0. The van der Waals surface area contributed by atoms with Gasteiger partial charge in [-0.25, -0.2) is 0 Å². The van der Waals surface area contributed by atoms with Gasteiger partial charge in [-0.15, -0.1) is 10.2 Å². The third-order valence-electron chi connectivity index (χ3n) is 1.40. The lowest BCUT2D eigenvalue weighted by Crippen LogP contribution is -1.78. The molecule has 0 saturated heterocycles. The summed E-state index contributed by atoms with van der Waals surface area (Å²) in [4.78, 5) is 3.80. The van der Waals surface area contributed by atoms with E-state index in [0.29, 0.717) is 17.5 Å². The Morgan fingerprint density at radius 2 is 2.15 bits per heavy atom. The molecule has 0 aromatic carbocycles. The molecule has 0 fully saturated rings. The van der Waals surface area contributed by atoms with Gasteiger partial charge in [0.25, 0.3) is 5.89 Å². The fourth-order valence-electron chi connectivity index (χ4n) is 0.847. The van der Waals surface area contributed by atoms with Crippen LogP contribution in [0.15, 0.2) is 15.0 Å². The van der Waals surface area contributed by atoms with Crippen molar-refractivity contribution in [2.75, 3.05) is 7.11 Å². The van der Waals surface area contributed by atoms with Crippen LogP contribution in [0.4, 0.5) is 0 Å². The third kappa shape index (κ3) is 1.37. The first-order valence-corrected chi connectivity index (χ1v) is 3.60. The molecule has 0 radical (unpaired) electrons. The minimum absolute atomic E-state index is 0.172. The normalized spacial score (nSPS) is 10.3. The predicted octanol–water partition coefficient (Wildman–Crippen LogP) is 1.04. The van der Waals surface area contributed by atoms with Gasteiger partial charge in [0.05, 0.1) is 13.3 Å². The Bertz CT molecular complexity index is 407. The van der Waals surface area contributed by atoms with E-state index in [0.717, 1.165) is 0 Å². The minimum Gasteiger partial charge on any atom is -0.454 e. The van der Waals surface area contributed by atoms with Crippen molar-refractivity contribution in [1.29, 1.82) is 0 Å². The SMILES string of the molecule is COc1ncc(-c2nnc(C)o2)o1. The first-order valence-electron chi connectivity index (χ1n) is 3.60. The molecule has 2 heterocycles. The fraction of sp³-hybridized carbons (Fsp3) is 0.286. The van der Waals surface area contributed by atoms with Gasteiger partial charge in [-0.2, -0.15) is 4.98 Å². The summed E-state index contributed by atoms with van der Waals surface area (Å²) in [5.41, 5.74) is 0. The lowest BCUT2D eigenvalue weighted by molar-refractivity contribution is 0.291. The van der Waals surface area contributed by atoms with Crippen LogP contribution < -0.4 is 4.74 Å². The highest BCUT2D eigenvalue weighted by molar-refractivity contribution is 5.41. The number of hydrogen-bond acceptors (Lipinski definition) is 6. The summed E-state index contributed by atoms with van der Waals surface area (Å²) in [5, 5.41) is 7.41. The predicted molar refractivity (Wildman–Crippen MR) is 41.1 cm³/mol. The van der Waals surface area contributed by atoms with E-state index in [4.69, 9.17) is 13.6 Å². The molecule has 2 rings (SSSR count). The van der Waals surface area contributed by atoms with Crippen LogP contribution in [0.3, 0.4) is 0 Å².